The molecule has 0 aliphatic rings. The molecule has 0 N–H and O–H groups in total. The van der Waals surface area contributed by atoms with Gasteiger partial charge in [0.2, 0.25) is 0 Å². The molecule has 2 rings (SSSR count). The van der Waals surface area contributed by atoms with E-state index >= 15 is 0 Å². The summed E-state index contributed by atoms with van der Waals surface area (Å²) in [6.45, 7) is 5.63. The molecule has 0 bridgehead atoms. The van der Waals surface area contributed by atoms with Crippen molar-refractivity contribution in [1.29, 1.82) is 0 Å². The van der Waals surface area contributed by atoms with Crippen LogP contribution in [0.4, 0.5) is 0 Å². The number of hydrogen-bond donors (Lipinski definition) is 0. The van der Waals surface area contributed by atoms with Gasteiger partial charge in [-0.05, 0) is 37.6 Å². The predicted molar refractivity (Wildman–Crippen MR) is 79.8 cm³/mol. The van der Waals surface area contributed by atoms with Crippen LogP contribution in [0, 0.1) is 0 Å². The Balaban J connectivity index is 0.000000191. The van der Waals surface area contributed by atoms with Crippen LogP contribution in [0.15, 0.2) is 60.7 Å². The van der Waals surface area contributed by atoms with E-state index in [-0.39, 0.29) is 0 Å². The summed E-state index contributed by atoms with van der Waals surface area (Å²) in [6.07, 6.45) is 1.06. The molecule has 0 heterocycles. The van der Waals surface area contributed by atoms with Crippen LogP contribution in [0.5, 0.6) is 11.5 Å². The summed E-state index contributed by atoms with van der Waals surface area (Å²) in [5, 5.41) is 0. The van der Waals surface area contributed by atoms with Crippen LogP contribution in [0.1, 0.15) is 20.3 Å². The molecule has 0 unspecified atom stereocenters. The highest BCUT2D eigenvalue weighted by Crippen LogP contribution is 2.08. The molecule has 19 heavy (non-hydrogen) atoms. The minimum atomic E-state index is 0.740. The fourth-order valence-corrected chi connectivity index (χ4v) is 1.42. The van der Waals surface area contributed by atoms with E-state index in [0.29, 0.717) is 0 Å². The van der Waals surface area contributed by atoms with Crippen molar-refractivity contribution < 1.29 is 9.47 Å². The highest BCUT2D eigenvalue weighted by Gasteiger charge is 1.86. The molecule has 2 heteroatoms. The van der Waals surface area contributed by atoms with Gasteiger partial charge in [0, 0.05) is 0 Å². The molecule has 0 fully saturated rings. The van der Waals surface area contributed by atoms with E-state index in [2.05, 4.69) is 6.92 Å². The summed E-state index contributed by atoms with van der Waals surface area (Å²) in [5.74, 6) is 1.91. The summed E-state index contributed by atoms with van der Waals surface area (Å²) in [4.78, 5) is 0. The Kier molecular flexibility index (Phi) is 7.95. The third kappa shape index (κ3) is 7.14. The lowest BCUT2D eigenvalue weighted by atomic mass is 10.3. The molecule has 102 valence electrons. The first-order chi connectivity index (χ1) is 9.36. The van der Waals surface area contributed by atoms with Gasteiger partial charge in [-0.15, -0.1) is 0 Å². The molecule has 0 aliphatic carbocycles. The Morgan fingerprint density at radius 1 is 0.684 bits per heavy atom. The summed E-state index contributed by atoms with van der Waals surface area (Å²) >= 11 is 0. The van der Waals surface area contributed by atoms with E-state index < -0.39 is 0 Å². The van der Waals surface area contributed by atoms with Crippen LogP contribution >= 0.6 is 0 Å². The van der Waals surface area contributed by atoms with Gasteiger partial charge < -0.3 is 9.47 Å². The molecule has 0 atom stereocenters. The SMILES string of the molecule is CCCOc1ccccc1.CCOc1ccccc1. The third-order valence-corrected chi connectivity index (χ3v) is 2.27. The van der Waals surface area contributed by atoms with Crippen LogP contribution in [-0.4, -0.2) is 13.2 Å². The van der Waals surface area contributed by atoms with Crippen LogP contribution in [-0.2, 0) is 0 Å². The maximum absolute atomic E-state index is 5.36. The van der Waals surface area contributed by atoms with E-state index in [0.717, 1.165) is 31.1 Å². The van der Waals surface area contributed by atoms with E-state index in [9.17, 15) is 0 Å². The van der Waals surface area contributed by atoms with E-state index in [4.69, 9.17) is 9.47 Å². The van der Waals surface area contributed by atoms with Gasteiger partial charge in [-0.3, -0.25) is 0 Å². The second kappa shape index (κ2) is 10.0. The van der Waals surface area contributed by atoms with Gasteiger partial charge in [0.15, 0.2) is 0 Å². The smallest absolute Gasteiger partial charge is 0.119 e. The van der Waals surface area contributed by atoms with Crippen molar-refractivity contribution in [1.82, 2.24) is 0 Å². The summed E-state index contributed by atoms with van der Waals surface area (Å²) in [7, 11) is 0. The standard InChI is InChI=1S/C9H12O.C8H10O/c1-2-8-10-9-6-4-3-5-7-9;1-2-9-8-6-4-3-5-7-8/h3-7H,2,8H2,1H3;3-7H,2H2,1H3. The minimum Gasteiger partial charge on any atom is -0.494 e. The van der Waals surface area contributed by atoms with E-state index in [1.807, 2.05) is 67.6 Å². The zero-order valence-electron chi connectivity index (χ0n) is 11.7. The minimum absolute atomic E-state index is 0.740. The van der Waals surface area contributed by atoms with Gasteiger partial charge in [-0.25, -0.2) is 0 Å². The number of hydrogen-bond acceptors (Lipinski definition) is 2. The van der Waals surface area contributed by atoms with Gasteiger partial charge in [-0.1, -0.05) is 43.3 Å². The normalized spacial score (nSPS) is 9.16. The number of rotatable bonds is 5. The molecule has 2 aromatic rings. The molecule has 0 aromatic heterocycles. The zero-order chi connectivity index (χ0) is 13.8. The maximum Gasteiger partial charge on any atom is 0.119 e. The highest BCUT2D eigenvalue weighted by molar-refractivity contribution is 5.21. The Hall–Kier alpha value is -1.96. The van der Waals surface area contributed by atoms with Crippen molar-refractivity contribution in [3.63, 3.8) is 0 Å². The summed E-state index contributed by atoms with van der Waals surface area (Å²) in [6, 6.07) is 19.7. The van der Waals surface area contributed by atoms with Crippen molar-refractivity contribution >= 4 is 0 Å². The predicted octanol–water partition coefficient (Wildman–Crippen LogP) is 4.56. The van der Waals surface area contributed by atoms with Crippen LogP contribution in [0.3, 0.4) is 0 Å². The van der Waals surface area contributed by atoms with Gasteiger partial charge in [0.25, 0.3) is 0 Å². The topological polar surface area (TPSA) is 18.5 Å². The van der Waals surface area contributed by atoms with Crippen molar-refractivity contribution in [2.75, 3.05) is 13.2 Å². The van der Waals surface area contributed by atoms with Gasteiger partial charge in [-0.2, -0.15) is 0 Å². The molecular weight excluding hydrogens is 236 g/mol. The quantitative estimate of drug-likeness (QED) is 0.782. The zero-order valence-corrected chi connectivity index (χ0v) is 11.7. The molecule has 0 saturated heterocycles. The lowest BCUT2D eigenvalue weighted by Gasteiger charge is -2.01. The first kappa shape index (κ1) is 15.1. The fourth-order valence-electron chi connectivity index (χ4n) is 1.42. The number of ether oxygens (including phenoxy) is 2. The Morgan fingerprint density at radius 2 is 1.16 bits per heavy atom. The average molecular weight is 258 g/mol. The highest BCUT2D eigenvalue weighted by atomic mass is 16.5. The van der Waals surface area contributed by atoms with Crippen LogP contribution in [0.2, 0.25) is 0 Å². The van der Waals surface area contributed by atoms with Crippen LogP contribution < -0.4 is 9.47 Å². The maximum atomic E-state index is 5.36. The summed E-state index contributed by atoms with van der Waals surface area (Å²) in [5.41, 5.74) is 0. The first-order valence-electron chi connectivity index (χ1n) is 6.72. The Bertz CT molecular complexity index is 412. The molecule has 0 radical (unpaired) electrons. The largest absolute Gasteiger partial charge is 0.494 e. The monoisotopic (exact) mass is 258 g/mol. The second-order valence-corrected chi connectivity index (χ2v) is 3.91. The van der Waals surface area contributed by atoms with Crippen molar-refractivity contribution in [3.8, 4) is 11.5 Å². The van der Waals surface area contributed by atoms with Gasteiger partial charge in [0.1, 0.15) is 11.5 Å². The lowest BCUT2D eigenvalue weighted by molar-refractivity contribution is 0.317. The van der Waals surface area contributed by atoms with Gasteiger partial charge >= 0.3 is 0 Å². The Labute approximate surface area is 116 Å². The molecule has 0 spiro atoms. The molecule has 2 nitrogen and oxygen atoms in total. The molecule has 0 aliphatic heterocycles. The molecule has 2 aromatic carbocycles. The van der Waals surface area contributed by atoms with Crippen molar-refractivity contribution in [3.05, 3.63) is 60.7 Å². The van der Waals surface area contributed by atoms with E-state index in [1.54, 1.807) is 0 Å². The van der Waals surface area contributed by atoms with Gasteiger partial charge in [0.05, 0.1) is 13.2 Å². The Morgan fingerprint density at radius 3 is 1.58 bits per heavy atom. The summed E-state index contributed by atoms with van der Waals surface area (Å²) < 4.78 is 10.6. The van der Waals surface area contributed by atoms with E-state index in [1.165, 1.54) is 0 Å². The molecule has 0 saturated carbocycles. The first-order valence-corrected chi connectivity index (χ1v) is 6.72. The fraction of sp³-hybridized carbons (Fsp3) is 0.294. The van der Waals surface area contributed by atoms with Crippen molar-refractivity contribution in [2.45, 2.75) is 20.3 Å². The third-order valence-electron chi connectivity index (χ3n) is 2.27. The molecular formula is C17H22O2. The van der Waals surface area contributed by atoms with Crippen LogP contribution in [0.25, 0.3) is 0 Å². The number of benzene rings is 2. The molecule has 0 amide bonds. The number of para-hydroxylation sites is 2. The second-order valence-electron chi connectivity index (χ2n) is 3.91. The average Bonchev–Trinajstić information content (AvgIpc) is 2.48. The van der Waals surface area contributed by atoms with Crippen molar-refractivity contribution in [2.24, 2.45) is 0 Å². The lowest BCUT2D eigenvalue weighted by Crippen LogP contribution is -1.93.